The van der Waals surface area contributed by atoms with Gasteiger partial charge in [0.1, 0.15) is 17.4 Å². The number of hydrogen-bond donors (Lipinski definition) is 2. The minimum absolute atomic E-state index is 0.494. The molecule has 0 bridgehead atoms. The van der Waals surface area contributed by atoms with E-state index in [4.69, 9.17) is 0 Å². The Hall–Kier alpha value is -2.88. The van der Waals surface area contributed by atoms with Crippen LogP contribution < -0.4 is 5.32 Å². The number of H-pyrrole nitrogens is 1. The second-order valence-corrected chi connectivity index (χ2v) is 6.02. The second kappa shape index (κ2) is 5.39. The number of para-hydroxylation sites is 1. The average molecular weight is 302 g/mol. The molecule has 0 atom stereocenters. The van der Waals surface area contributed by atoms with E-state index in [2.05, 4.69) is 52.3 Å². The maximum Gasteiger partial charge on any atom is 0.158 e. The summed E-state index contributed by atoms with van der Waals surface area (Å²) in [4.78, 5) is 12.3. The summed E-state index contributed by atoms with van der Waals surface area (Å²) < 4.78 is 0. The topological polar surface area (TPSA) is 53.6 Å². The Kier molecular flexibility index (Phi) is 3.23. The maximum absolute atomic E-state index is 4.49. The molecule has 2 aromatic heterocycles. The third-order valence-corrected chi connectivity index (χ3v) is 4.11. The molecule has 2 N–H and O–H groups in total. The first kappa shape index (κ1) is 13.8. The van der Waals surface area contributed by atoms with Gasteiger partial charge in [0.25, 0.3) is 0 Å². The van der Waals surface area contributed by atoms with Gasteiger partial charge in [-0.1, -0.05) is 38.1 Å². The number of nitrogens with zero attached hydrogens (tertiary/aromatic N) is 2. The van der Waals surface area contributed by atoms with Crippen LogP contribution in [0.15, 0.2) is 54.9 Å². The van der Waals surface area contributed by atoms with Crippen molar-refractivity contribution in [1.82, 2.24) is 15.0 Å². The Bertz CT molecular complexity index is 971. The van der Waals surface area contributed by atoms with Crippen molar-refractivity contribution in [2.45, 2.75) is 19.8 Å². The molecule has 0 aliphatic carbocycles. The van der Waals surface area contributed by atoms with Crippen molar-refractivity contribution >= 4 is 33.4 Å². The van der Waals surface area contributed by atoms with Gasteiger partial charge in [-0.05, 0) is 35.7 Å². The highest BCUT2D eigenvalue weighted by atomic mass is 15.0. The number of benzene rings is 2. The third-order valence-electron chi connectivity index (χ3n) is 4.11. The average Bonchev–Trinajstić information content (AvgIpc) is 2.95. The van der Waals surface area contributed by atoms with Crippen LogP contribution in [0.4, 0.5) is 11.5 Å². The molecule has 0 radical (unpaired) electrons. The van der Waals surface area contributed by atoms with Crippen LogP contribution in [0, 0.1) is 0 Å². The highest BCUT2D eigenvalue weighted by molar-refractivity contribution is 6.08. The summed E-state index contributed by atoms with van der Waals surface area (Å²) in [5.74, 6) is 1.29. The fourth-order valence-corrected chi connectivity index (χ4v) is 2.82. The molecule has 4 rings (SSSR count). The van der Waals surface area contributed by atoms with Crippen LogP contribution in [0.25, 0.3) is 21.9 Å². The monoisotopic (exact) mass is 302 g/mol. The molecule has 2 aromatic carbocycles. The predicted molar refractivity (Wildman–Crippen MR) is 95.2 cm³/mol. The first-order chi connectivity index (χ1) is 11.2. The van der Waals surface area contributed by atoms with E-state index in [1.165, 1.54) is 5.56 Å². The minimum Gasteiger partial charge on any atom is -0.350 e. The van der Waals surface area contributed by atoms with Crippen molar-refractivity contribution in [3.8, 4) is 0 Å². The van der Waals surface area contributed by atoms with Crippen LogP contribution in [0.2, 0.25) is 0 Å². The Morgan fingerprint density at radius 3 is 2.61 bits per heavy atom. The highest BCUT2D eigenvalue weighted by Crippen LogP contribution is 2.30. The van der Waals surface area contributed by atoms with Gasteiger partial charge in [0.2, 0.25) is 0 Å². The molecule has 0 aliphatic rings. The first-order valence-electron chi connectivity index (χ1n) is 7.81. The van der Waals surface area contributed by atoms with Crippen molar-refractivity contribution in [3.05, 3.63) is 60.4 Å². The van der Waals surface area contributed by atoms with Gasteiger partial charge in [-0.15, -0.1) is 0 Å². The maximum atomic E-state index is 4.49. The number of aromatic nitrogens is 3. The quantitative estimate of drug-likeness (QED) is 0.561. The van der Waals surface area contributed by atoms with Gasteiger partial charge in [-0.25, -0.2) is 9.97 Å². The Morgan fingerprint density at radius 2 is 1.83 bits per heavy atom. The fourth-order valence-electron chi connectivity index (χ4n) is 2.82. The molecule has 2 heterocycles. The van der Waals surface area contributed by atoms with E-state index in [0.29, 0.717) is 5.92 Å². The van der Waals surface area contributed by atoms with Crippen molar-refractivity contribution in [1.29, 1.82) is 0 Å². The summed E-state index contributed by atoms with van der Waals surface area (Å²) in [7, 11) is 0. The molecule has 4 heteroatoms. The van der Waals surface area contributed by atoms with E-state index in [0.717, 1.165) is 33.4 Å². The predicted octanol–water partition coefficient (Wildman–Crippen LogP) is 4.98. The van der Waals surface area contributed by atoms with Gasteiger partial charge < -0.3 is 10.3 Å². The number of rotatable bonds is 3. The Morgan fingerprint density at radius 1 is 1.00 bits per heavy atom. The smallest absolute Gasteiger partial charge is 0.158 e. The SMILES string of the molecule is CC(C)c1ccc2[nH]c3c(Nc4ccccc4)ncnc3c2c1. The van der Waals surface area contributed by atoms with Crippen LogP contribution in [0.1, 0.15) is 25.3 Å². The number of hydrogen-bond acceptors (Lipinski definition) is 3. The van der Waals surface area contributed by atoms with Crippen molar-refractivity contribution in [2.75, 3.05) is 5.32 Å². The molecule has 0 amide bonds. The van der Waals surface area contributed by atoms with Gasteiger partial charge in [0, 0.05) is 16.6 Å². The molecule has 23 heavy (non-hydrogen) atoms. The lowest BCUT2D eigenvalue weighted by atomic mass is 10.0. The normalized spacial score (nSPS) is 11.4. The van der Waals surface area contributed by atoms with E-state index in [9.17, 15) is 0 Å². The summed E-state index contributed by atoms with van der Waals surface area (Å²) >= 11 is 0. The van der Waals surface area contributed by atoms with Gasteiger partial charge >= 0.3 is 0 Å². The number of aromatic amines is 1. The molecule has 0 spiro atoms. The second-order valence-electron chi connectivity index (χ2n) is 6.02. The Balaban J connectivity index is 1.88. The minimum atomic E-state index is 0.494. The lowest BCUT2D eigenvalue weighted by Crippen LogP contribution is -1.95. The van der Waals surface area contributed by atoms with Crippen LogP contribution >= 0.6 is 0 Å². The number of nitrogens with one attached hydrogen (secondary N) is 2. The van der Waals surface area contributed by atoms with Gasteiger partial charge in [0.15, 0.2) is 5.82 Å². The van der Waals surface area contributed by atoms with Crippen molar-refractivity contribution < 1.29 is 0 Å². The van der Waals surface area contributed by atoms with Gasteiger partial charge in [-0.2, -0.15) is 0 Å². The Labute approximate surface area is 134 Å². The number of fused-ring (bicyclic) bond motifs is 3. The lowest BCUT2D eigenvalue weighted by molar-refractivity contribution is 0.869. The molecule has 114 valence electrons. The molecular formula is C19H18N4. The van der Waals surface area contributed by atoms with Crippen molar-refractivity contribution in [3.63, 3.8) is 0 Å². The molecule has 0 fully saturated rings. The summed E-state index contributed by atoms with van der Waals surface area (Å²) in [6.45, 7) is 4.40. The van der Waals surface area contributed by atoms with E-state index >= 15 is 0 Å². The van der Waals surface area contributed by atoms with E-state index in [1.807, 2.05) is 30.3 Å². The fraction of sp³-hybridized carbons (Fsp3) is 0.158. The molecule has 0 saturated carbocycles. The first-order valence-corrected chi connectivity index (χ1v) is 7.81. The largest absolute Gasteiger partial charge is 0.350 e. The molecule has 0 unspecified atom stereocenters. The summed E-state index contributed by atoms with van der Waals surface area (Å²) in [6, 6.07) is 16.6. The van der Waals surface area contributed by atoms with Gasteiger partial charge in [0.05, 0.1) is 0 Å². The van der Waals surface area contributed by atoms with E-state index in [-0.39, 0.29) is 0 Å². The summed E-state index contributed by atoms with van der Waals surface area (Å²) in [5.41, 5.74) is 5.30. The number of anilines is 2. The van der Waals surface area contributed by atoms with Crippen molar-refractivity contribution in [2.24, 2.45) is 0 Å². The van der Waals surface area contributed by atoms with Gasteiger partial charge in [-0.3, -0.25) is 0 Å². The summed E-state index contributed by atoms with van der Waals surface area (Å²) in [5, 5.41) is 4.51. The van der Waals surface area contributed by atoms with E-state index in [1.54, 1.807) is 6.33 Å². The summed E-state index contributed by atoms with van der Waals surface area (Å²) in [6.07, 6.45) is 1.61. The third kappa shape index (κ3) is 2.42. The lowest BCUT2D eigenvalue weighted by Gasteiger charge is -2.05. The van der Waals surface area contributed by atoms with E-state index < -0.39 is 0 Å². The van der Waals surface area contributed by atoms with Crippen LogP contribution in [0.3, 0.4) is 0 Å². The van der Waals surface area contributed by atoms with Crippen LogP contribution in [0.5, 0.6) is 0 Å². The zero-order chi connectivity index (χ0) is 15.8. The zero-order valence-corrected chi connectivity index (χ0v) is 13.2. The molecule has 0 saturated heterocycles. The molecule has 0 aliphatic heterocycles. The zero-order valence-electron chi connectivity index (χ0n) is 13.2. The van der Waals surface area contributed by atoms with Crippen LogP contribution in [-0.4, -0.2) is 15.0 Å². The molecule has 4 aromatic rings. The molecule has 4 nitrogen and oxygen atoms in total. The standard InChI is InChI=1S/C19H18N4/c1-12(2)13-8-9-16-15(10-13)17-18(23-16)19(21-11-20-17)22-14-6-4-3-5-7-14/h3-12,23H,1-2H3,(H,20,21,22). The molecular weight excluding hydrogens is 284 g/mol. The highest BCUT2D eigenvalue weighted by Gasteiger charge is 2.12. The van der Waals surface area contributed by atoms with Crippen LogP contribution in [-0.2, 0) is 0 Å².